The predicted molar refractivity (Wildman–Crippen MR) is 93.1 cm³/mol. The van der Waals surface area contributed by atoms with Crippen LogP contribution in [-0.2, 0) is 19.0 Å². The molecule has 0 spiro atoms. The first kappa shape index (κ1) is 17.2. The fourth-order valence-electron chi connectivity index (χ4n) is 3.56. The number of aromatic nitrogens is 3. The molecule has 136 valence electrons. The topological polar surface area (TPSA) is 75.5 Å². The lowest BCUT2D eigenvalue weighted by Crippen LogP contribution is -2.35. The van der Waals surface area contributed by atoms with E-state index < -0.39 is 30.3 Å². The smallest absolute Gasteiger partial charge is 0.237 e. The van der Waals surface area contributed by atoms with Gasteiger partial charge < -0.3 is 18.8 Å². The van der Waals surface area contributed by atoms with Crippen LogP contribution in [0.25, 0.3) is 11.0 Å². The zero-order chi connectivity index (χ0) is 18.5. The number of hydrogen-bond acceptors (Lipinski definition) is 6. The Labute approximate surface area is 151 Å². The molecule has 2 aliphatic heterocycles. The van der Waals surface area contributed by atoms with Gasteiger partial charge in [-0.2, -0.15) is 0 Å². The van der Waals surface area contributed by atoms with Crippen LogP contribution in [0.1, 0.15) is 39.1 Å². The van der Waals surface area contributed by atoms with Crippen molar-refractivity contribution in [3.8, 4) is 11.8 Å². The van der Waals surface area contributed by atoms with Crippen molar-refractivity contribution in [3.63, 3.8) is 0 Å². The standard InChI is InChI=1S/C19H21N3O4/c1-5-6-7-13(23)14-15-16(26-19(3,4)25-15)18(24-14)22-9-8-12-11(2)20-10-21-17(12)22/h8-10,14-16,18H,5H2,1-4H3/t14-,15+,16+,18+/m0/s1. The van der Waals surface area contributed by atoms with Crippen molar-refractivity contribution in [1.82, 2.24) is 14.5 Å². The van der Waals surface area contributed by atoms with E-state index in [1.165, 1.54) is 6.33 Å². The molecule has 4 atom stereocenters. The first-order chi connectivity index (χ1) is 12.4. The molecule has 0 aliphatic carbocycles. The summed E-state index contributed by atoms with van der Waals surface area (Å²) in [7, 11) is 0. The second-order valence-electron chi connectivity index (χ2n) is 6.95. The van der Waals surface area contributed by atoms with Crippen molar-refractivity contribution in [2.75, 3.05) is 0 Å². The van der Waals surface area contributed by atoms with Crippen LogP contribution in [0.4, 0.5) is 0 Å². The largest absolute Gasteiger partial charge is 0.341 e. The summed E-state index contributed by atoms with van der Waals surface area (Å²) in [6, 6.07) is 1.94. The molecule has 0 saturated carbocycles. The van der Waals surface area contributed by atoms with Gasteiger partial charge in [-0.1, -0.05) is 12.8 Å². The molecule has 0 bridgehead atoms. The van der Waals surface area contributed by atoms with Gasteiger partial charge in [0, 0.05) is 18.0 Å². The van der Waals surface area contributed by atoms with Gasteiger partial charge in [0.25, 0.3) is 0 Å². The Morgan fingerprint density at radius 1 is 1.31 bits per heavy atom. The summed E-state index contributed by atoms with van der Waals surface area (Å²) >= 11 is 0. The van der Waals surface area contributed by atoms with E-state index in [1.54, 1.807) is 0 Å². The Bertz CT molecular complexity index is 924. The lowest BCUT2D eigenvalue weighted by atomic mass is 10.1. The summed E-state index contributed by atoms with van der Waals surface area (Å²) < 4.78 is 20.0. The first-order valence-electron chi connectivity index (χ1n) is 8.73. The van der Waals surface area contributed by atoms with Crippen molar-refractivity contribution in [1.29, 1.82) is 0 Å². The minimum Gasteiger partial charge on any atom is -0.341 e. The van der Waals surface area contributed by atoms with Crippen LogP contribution in [0.5, 0.6) is 0 Å². The van der Waals surface area contributed by atoms with Gasteiger partial charge in [0.15, 0.2) is 18.1 Å². The number of hydrogen-bond donors (Lipinski definition) is 0. The number of rotatable bonds is 2. The molecule has 2 aliphatic rings. The van der Waals surface area contributed by atoms with Crippen LogP contribution < -0.4 is 0 Å². The lowest BCUT2D eigenvalue weighted by molar-refractivity contribution is -0.195. The molecule has 7 heteroatoms. The molecular weight excluding hydrogens is 334 g/mol. The zero-order valence-electron chi connectivity index (χ0n) is 15.2. The molecule has 4 heterocycles. The maximum atomic E-state index is 12.5. The molecule has 0 aromatic carbocycles. The quantitative estimate of drug-likeness (QED) is 0.607. The number of carbonyl (C=O) groups is 1. The van der Waals surface area contributed by atoms with Crippen LogP contribution in [0, 0.1) is 18.8 Å². The van der Waals surface area contributed by atoms with Gasteiger partial charge in [-0.15, -0.1) is 0 Å². The highest BCUT2D eigenvalue weighted by molar-refractivity contribution is 5.99. The van der Waals surface area contributed by atoms with E-state index in [0.29, 0.717) is 6.42 Å². The molecule has 0 amide bonds. The number of fused-ring (bicyclic) bond motifs is 2. The highest BCUT2D eigenvalue weighted by Crippen LogP contribution is 2.44. The summed E-state index contributed by atoms with van der Waals surface area (Å²) in [5.41, 5.74) is 1.62. The van der Waals surface area contributed by atoms with Crippen LogP contribution in [-0.4, -0.2) is 44.4 Å². The second-order valence-corrected chi connectivity index (χ2v) is 6.95. The van der Waals surface area contributed by atoms with Crippen molar-refractivity contribution in [2.45, 2.75) is 64.4 Å². The summed E-state index contributed by atoms with van der Waals surface area (Å²) in [6.45, 7) is 7.49. The van der Waals surface area contributed by atoms with E-state index in [1.807, 2.05) is 44.5 Å². The summed E-state index contributed by atoms with van der Waals surface area (Å²) in [4.78, 5) is 21.1. The Kier molecular flexibility index (Phi) is 4.07. The third-order valence-electron chi connectivity index (χ3n) is 4.66. The van der Waals surface area contributed by atoms with Gasteiger partial charge in [-0.3, -0.25) is 4.79 Å². The Morgan fingerprint density at radius 3 is 2.85 bits per heavy atom. The van der Waals surface area contributed by atoms with E-state index in [-0.39, 0.29) is 5.78 Å². The second kappa shape index (κ2) is 6.16. The van der Waals surface area contributed by atoms with E-state index >= 15 is 0 Å². The van der Waals surface area contributed by atoms with Crippen molar-refractivity contribution >= 4 is 16.8 Å². The third-order valence-corrected chi connectivity index (χ3v) is 4.66. The number of aryl methyl sites for hydroxylation is 1. The van der Waals surface area contributed by atoms with Crippen LogP contribution in [0.2, 0.25) is 0 Å². The summed E-state index contributed by atoms with van der Waals surface area (Å²) in [6.07, 6.45) is 1.77. The van der Waals surface area contributed by atoms with Crippen molar-refractivity contribution in [2.24, 2.45) is 0 Å². The van der Waals surface area contributed by atoms with Crippen LogP contribution >= 0.6 is 0 Å². The predicted octanol–water partition coefficient (Wildman–Crippen LogP) is 2.14. The number of nitrogens with zero attached hydrogens (tertiary/aromatic N) is 3. The maximum absolute atomic E-state index is 12.5. The zero-order valence-corrected chi connectivity index (χ0v) is 15.2. The lowest BCUT2D eigenvalue weighted by Gasteiger charge is -2.24. The Balaban J connectivity index is 1.74. The number of ketones is 1. The molecular formula is C19H21N3O4. The molecule has 7 nitrogen and oxygen atoms in total. The number of Topliss-reactive ketones (excluding diaryl/α,β-unsaturated/α-hetero) is 1. The fourth-order valence-corrected chi connectivity index (χ4v) is 3.56. The van der Waals surface area contributed by atoms with Gasteiger partial charge in [0.2, 0.25) is 5.78 Å². The van der Waals surface area contributed by atoms with E-state index in [0.717, 1.165) is 16.7 Å². The molecule has 2 fully saturated rings. The van der Waals surface area contributed by atoms with Gasteiger partial charge in [-0.25, -0.2) is 9.97 Å². The number of ether oxygens (including phenoxy) is 3. The molecule has 0 N–H and O–H groups in total. The fraction of sp³-hybridized carbons (Fsp3) is 0.526. The van der Waals surface area contributed by atoms with E-state index in [4.69, 9.17) is 14.2 Å². The molecule has 2 saturated heterocycles. The maximum Gasteiger partial charge on any atom is 0.237 e. The highest BCUT2D eigenvalue weighted by atomic mass is 16.8. The van der Waals surface area contributed by atoms with E-state index in [9.17, 15) is 4.79 Å². The van der Waals surface area contributed by atoms with Gasteiger partial charge in [-0.05, 0) is 32.8 Å². The minimum atomic E-state index is -0.790. The monoisotopic (exact) mass is 355 g/mol. The molecule has 26 heavy (non-hydrogen) atoms. The van der Waals surface area contributed by atoms with E-state index in [2.05, 4.69) is 21.8 Å². The van der Waals surface area contributed by atoms with Gasteiger partial charge in [0.05, 0.1) is 5.69 Å². The third kappa shape index (κ3) is 2.71. The van der Waals surface area contributed by atoms with Crippen molar-refractivity contribution in [3.05, 3.63) is 24.3 Å². The SMILES string of the molecule is CCC#CC(=O)[C@@H]1O[C@@H](n2ccc3c(C)ncnc32)[C@@H]2OC(C)(C)O[C@@H]21. The Morgan fingerprint density at radius 2 is 2.08 bits per heavy atom. The van der Waals surface area contributed by atoms with Crippen LogP contribution in [0.3, 0.4) is 0 Å². The summed E-state index contributed by atoms with van der Waals surface area (Å²) in [5.74, 6) is 4.38. The van der Waals surface area contributed by atoms with Gasteiger partial charge in [0.1, 0.15) is 24.2 Å². The average Bonchev–Trinajstić information content (AvgIpc) is 3.24. The van der Waals surface area contributed by atoms with Gasteiger partial charge >= 0.3 is 0 Å². The van der Waals surface area contributed by atoms with Crippen LogP contribution in [0.15, 0.2) is 18.6 Å². The summed E-state index contributed by atoms with van der Waals surface area (Å²) in [5, 5.41) is 0.936. The van der Waals surface area contributed by atoms with Crippen molar-refractivity contribution < 1.29 is 19.0 Å². The number of carbonyl (C=O) groups excluding carboxylic acids is 1. The minimum absolute atomic E-state index is 0.284. The Hall–Kier alpha value is -2.27. The highest BCUT2D eigenvalue weighted by Gasteiger charge is 2.58. The average molecular weight is 355 g/mol. The normalized spacial score (nSPS) is 29.4. The molecule has 2 aromatic rings. The molecule has 0 radical (unpaired) electrons. The molecule has 2 aromatic heterocycles. The first-order valence-corrected chi connectivity index (χ1v) is 8.73. The molecule has 0 unspecified atom stereocenters. The molecule has 4 rings (SSSR count).